The number of fused-ring (bicyclic) bond motifs is 3. The lowest BCUT2D eigenvalue weighted by molar-refractivity contribution is 0.106. The Balaban J connectivity index is 2.26. The number of nitrogens with zero attached hydrogens (tertiary/aromatic N) is 1. The predicted octanol–water partition coefficient (Wildman–Crippen LogP) is 5.48. The van der Waals surface area contributed by atoms with Gasteiger partial charge in [-0.25, -0.2) is 0 Å². The van der Waals surface area contributed by atoms with Crippen LogP contribution in [0, 0.1) is 0 Å². The van der Waals surface area contributed by atoms with Gasteiger partial charge >= 0.3 is 0 Å². The van der Waals surface area contributed by atoms with Gasteiger partial charge in [0.25, 0.3) is 0 Å². The maximum Gasteiger partial charge on any atom is 0.123 e. The van der Waals surface area contributed by atoms with E-state index in [0.717, 1.165) is 8.95 Å². The van der Waals surface area contributed by atoms with Gasteiger partial charge in [0.15, 0.2) is 0 Å². The molecule has 1 aromatic heterocycles. The lowest BCUT2D eigenvalue weighted by Gasteiger charge is -2.07. The molecule has 0 aliphatic heterocycles. The first-order valence-corrected chi connectivity index (χ1v) is 7.85. The largest absolute Gasteiger partial charge is 0.357 e. The Morgan fingerprint density at radius 3 is 2.05 bits per heavy atom. The summed E-state index contributed by atoms with van der Waals surface area (Å²) in [4.78, 5) is 0. The van der Waals surface area contributed by atoms with Gasteiger partial charge < -0.3 is 9.30 Å². The Kier molecular flexibility index (Phi) is 3.96. The van der Waals surface area contributed by atoms with Crippen molar-refractivity contribution in [2.24, 2.45) is 0 Å². The van der Waals surface area contributed by atoms with Crippen molar-refractivity contribution >= 4 is 53.7 Å². The van der Waals surface area contributed by atoms with Crippen LogP contribution in [0.1, 0.15) is 0 Å². The zero-order valence-corrected chi connectivity index (χ0v) is 13.9. The van der Waals surface area contributed by atoms with Crippen LogP contribution in [0.4, 0.5) is 0 Å². The minimum atomic E-state index is 0.523. The zero-order valence-electron chi connectivity index (χ0n) is 10.8. The standard InChI is InChI=1S/C16H13Br2NO/c1-2-7-20-10-19-15-5-3-11(17)8-13(15)14-9-12(18)4-6-16(14)19/h2-6,8-9H,1,7,10H2. The van der Waals surface area contributed by atoms with Gasteiger partial charge in [-0.3, -0.25) is 0 Å². The third-order valence-corrected chi connectivity index (χ3v) is 4.23. The third-order valence-electron chi connectivity index (χ3n) is 3.25. The van der Waals surface area contributed by atoms with Gasteiger partial charge in [-0.15, -0.1) is 6.58 Å². The number of hydrogen-bond acceptors (Lipinski definition) is 1. The highest BCUT2D eigenvalue weighted by atomic mass is 79.9. The smallest absolute Gasteiger partial charge is 0.123 e. The van der Waals surface area contributed by atoms with E-state index in [9.17, 15) is 0 Å². The molecule has 0 aliphatic carbocycles. The lowest BCUT2D eigenvalue weighted by Crippen LogP contribution is -2.02. The van der Waals surface area contributed by atoms with Gasteiger partial charge in [0.1, 0.15) is 6.73 Å². The summed E-state index contributed by atoms with van der Waals surface area (Å²) in [6, 6.07) is 12.6. The highest BCUT2D eigenvalue weighted by Crippen LogP contribution is 2.32. The fourth-order valence-electron chi connectivity index (χ4n) is 2.41. The molecular formula is C16H13Br2NO. The summed E-state index contributed by atoms with van der Waals surface area (Å²) >= 11 is 7.09. The quantitative estimate of drug-likeness (QED) is 0.422. The molecule has 102 valence electrons. The van der Waals surface area contributed by atoms with Gasteiger partial charge in [0.05, 0.1) is 17.6 Å². The second kappa shape index (κ2) is 5.72. The summed E-state index contributed by atoms with van der Waals surface area (Å²) in [5.74, 6) is 0. The molecule has 3 rings (SSSR count). The number of hydrogen-bond donors (Lipinski definition) is 0. The maximum absolute atomic E-state index is 5.63. The van der Waals surface area contributed by atoms with Gasteiger partial charge in [-0.05, 0) is 36.4 Å². The summed E-state index contributed by atoms with van der Waals surface area (Å²) in [5.41, 5.74) is 2.34. The molecule has 0 amide bonds. The van der Waals surface area contributed by atoms with Crippen molar-refractivity contribution in [3.8, 4) is 0 Å². The fraction of sp³-hybridized carbons (Fsp3) is 0.125. The first kappa shape index (κ1) is 13.9. The Morgan fingerprint density at radius 1 is 1.00 bits per heavy atom. The number of halogens is 2. The van der Waals surface area contributed by atoms with Crippen molar-refractivity contribution in [3.05, 3.63) is 58.0 Å². The second-order valence-corrected chi connectivity index (χ2v) is 6.37. The maximum atomic E-state index is 5.63. The van der Waals surface area contributed by atoms with Crippen LogP contribution in [0.2, 0.25) is 0 Å². The molecule has 3 aromatic rings. The average Bonchev–Trinajstić information content (AvgIpc) is 2.72. The summed E-state index contributed by atoms with van der Waals surface area (Å²) in [5, 5.41) is 2.44. The summed E-state index contributed by atoms with van der Waals surface area (Å²) in [6.45, 7) is 4.75. The van der Waals surface area contributed by atoms with E-state index < -0.39 is 0 Å². The van der Waals surface area contributed by atoms with E-state index >= 15 is 0 Å². The highest BCUT2D eigenvalue weighted by molar-refractivity contribution is 9.10. The number of ether oxygens (including phenoxy) is 1. The van der Waals surface area contributed by atoms with E-state index in [1.165, 1.54) is 21.8 Å². The van der Waals surface area contributed by atoms with Gasteiger partial charge in [-0.2, -0.15) is 0 Å². The fourth-order valence-corrected chi connectivity index (χ4v) is 3.14. The highest BCUT2D eigenvalue weighted by Gasteiger charge is 2.11. The van der Waals surface area contributed by atoms with Crippen LogP contribution in [0.5, 0.6) is 0 Å². The molecule has 0 saturated heterocycles. The van der Waals surface area contributed by atoms with E-state index in [4.69, 9.17) is 4.74 Å². The summed E-state index contributed by atoms with van der Waals surface area (Å²) in [6.07, 6.45) is 1.76. The molecule has 1 heterocycles. The monoisotopic (exact) mass is 393 g/mol. The SMILES string of the molecule is C=CCOCn1c2ccc(Br)cc2c2cc(Br)ccc21. The van der Waals surface area contributed by atoms with Gasteiger partial charge in [0.2, 0.25) is 0 Å². The molecule has 0 N–H and O–H groups in total. The first-order chi connectivity index (χ1) is 9.70. The van der Waals surface area contributed by atoms with Crippen LogP contribution in [0.25, 0.3) is 21.8 Å². The first-order valence-electron chi connectivity index (χ1n) is 6.26. The van der Waals surface area contributed by atoms with Crippen molar-refractivity contribution in [2.45, 2.75) is 6.73 Å². The molecule has 0 atom stereocenters. The van der Waals surface area contributed by atoms with Crippen LogP contribution in [-0.2, 0) is 11.5 Å². The predicted molar refractivity (Wildman–Crippen MR) is 91.0 cm³/mol. The molecule has 20 heavy (non-hydrogen) atoms. The minimum Gasteiger partial charge on any atom is -0.357 e. The molecule has 0 aliphatic rings. The number of rotatable bonds is 4. The van der Waals surface area contributed by atoms with Crippen molar-refractivity contribution < 1.29 is 4.74 Å². The topological polar surface area (TPSA) is 14.2 Å². The molecule has 4 heteroatoms. The Hall–Kier alpha value is -1.10. The van der Waals surface area contributed by atoms with Crippen molar-refractivity contribution in [1.82, 2.24) is 4.57 Å². The molecule has 0 saturated carbocycles. The molecule has 0 radical (unpaired) electrons. The second-order valence-electron chi connectivity index (χ2n) is 4.54. The van der Waals surface area contributed by atoms with Crippen molar-refractivity contribution in [2.75, 3.05) is 6.61 Å². The van der Waals surface area contributed by atoms with Gasteiger partial charge in [0, 0.05) is 19.7 Å². The normalized spacial score (nSPS) is 11.3. The Bertz CT molecular complexity index is 733. The molecule has 0 bridgehead atoms. The van der Waals surface area contributed by atoms with Gasteiger partial charge in [-0.1, -0.05) is 37.9 Å². The van der Waals surface area contributed by atoms with Crippen molar-refractivity contribution in [3.63, 3.8) is 0 Å². The molecule has 2 aromatic carbocycles. The number of benzene rings is 2. The average molecular weight is 395 g/mol. The van der Waals surface area contributed by atoms with Crippen molar-refractivity contribution in [1.29, 1.82) is 0 Å². The van der Waals surface area contributed by atoms with Crippen LogP contribution in [-0.4, -0.2) is 11.2 Å². The van der Waals surface area contributed by atoms with Crippen LogP contribution < -0.4 is 0 Å². The molecule has 0 fully saturated rings. The minimum absolute atomic E-state index is 0.523. The van der Waals surface area contributed by atoms with E-state index in [2.05, 4.69) is 79.4 Å². The lowest BCUT2D eigenvalue weighted by atomic mass is 10.2. The molecular weight excluding hydrogens is 382 g/mol. The van der Waals surface area contributed by atoms with E-state index in [-0.39, 0.29) is 0 Å². The van der Waals surface area contributed by atoms with Crippen LogP contribution >= 0.6 is 31.9 Å². The zero-order chi connectivity index (χ0) is 14.1. The van der Waals surface area contributed by atoms with Crippen LogP contribution in [0.3, 0.4) is 0 Å². The van der Waals surface area contributed by atoms with E-state index in [1.807, 2.05) is 0 Å². The molecule has 2 nitrogen and oxygen atoms in total. The Morgan fingerprint density at radius 2 is 1.55 bits per heavy atom. The molecule has 0 unspecified atom stereocenters. The summed E-state index contributed by atoms with van der Waals surface area (Å²) < 4.78 is 9.97. The summed E-state index contributed by atoms with van der Waals surface area (Å²) in [7, 11) is 0. The molecule has 0 spiro atoms. The van der Waals surface area contributed by atoms with E-state index in [0.29, 0.717) is 13.3 Å². The van der Waals surface area contributed by atoms with Crippen LogP contribution in [0.15, 0.2) is 58.0 Å². The van der Waals surface area contributed by atoms with E-state index in [1.54, 1.807) is 6.08 Å². The number of aromatic nitrogens is 1. The Labute approximate surface area is 134 Å². The third kappa shape index (κ3) is 2.43.